The van der Waals surface area contributed by atoms with Crippen molar-refractivity contribution in [3.63, 3.8) is 0 Å². The van der Waals surface area contributed by atoms with Gasteiger partial charge in [0.1, 0.15) is 5.60 Å². The molecule has 0 aromatic heterocycles. The number of carbonyl (C=O) groups is 2. The molecule has 5 heteroatoms. The Hall–Kier alpha value is -0.710. The van der Waals surface area contributed by atoms with Crippen LogP contribution in [0.2, 0.25) is 0 Å². The van der Waals surface area contributed by atoms with E-state index in [1.165, 1.54) is 11.8 Å². The maximum absolute atomic E-state index is 11.9. The maximum Gasteiger partial charge on any atom is 0.410 e. The Kier molecular flexibility index (Phi) is 4.47. The van der Waals surface area contributed by atoms with E-state index in [2.05, 4.69) is 0 Å². The molecule has 1 heterocycles. The third-order valence-electron chi connectivity index (χ3n) is 2.50. The predicted molar refractivity (Wildman–Crippen MR) is 69.1 cm³/mol. The molecule has 4 nitrogen and oxygen atoms in total. The molecule has 0 saturated carbocycles. The Labute approximate surface area is 107 Å². The average Bonchev–Trinajstić information content (AvgIpc) is 2.42. The maximum atomic E-state index is 11.9. The van der Waals surface area contributed by atoms with Crippen molar-refractivity contribution >= 4 is 23.0 Å². The number of hydrogen-bond donors (Lipinski definition) is 0. The Balaban J connectivity index is 2.55. The van der Waals surface area contributed by atoms with E-state index in [-0.39, 0.29) is 22.5 Å². The van der Waals surface area contributed by atoms with E-state index in [9.17, 15) is 9.59 Å². The molecule has 0 spiro atoms. The van der Waals surface area contributed by atoms with Gasteiger partial charge in [0.2, 0.25) is 0 Å². The third-order valence-corrected chi connectivity index (χ3v) is 3.50. The number of ether oxygens (including phenoxy) is 1. The smallest absolute Gasteiger partial charge is 0.410 e. The van der Waals surface area contributed by atoms with Crippen LogP contribution in [-0.4, -0.2) is 39.5 Å². The highest BCUT2D eigenvalue weighted by atomic mass is 32.2. The summed E-state index contributed by atoms with van der Waals surface area (Å²) in [6, 6.07) is 0.140. The number of rotatable bonds is 1. The highest BCUT2D eigenvalue weighted by Crippen LogP contribution is 2.28. The van der Waals surface area contributed by atoms with Gasteiger partial charge < -0.3 is 9.64 Å². The molecule has 98 valence electrons. The Morgan fingerprint density at radius 1 is 1.35 bits per heavy atom. The molecule has 1 rings (SSSR count). The number of nitrogens with zero attached hydrogens (tertiary/aromatic N) is 1. The van der Waals surface area contributed by atoms with Crippen molar-refractivity contribution in [2.45, 2.75) is 57.9 Å². The monoisotopic (exact) mass is 259 g/mol. The van der Waals surface area contributed by atoms with E-state index >= 15 is 0 Å². The van der Waals surface area contributed by atoms with Crippen LogP contribution in [0.15, 0.2) is 0 Å². The van der Waals surface area contributed by atoms with Gasteiger partial charge in [0.15, 0.2) is 5.12 Å². The lowest BCUT2D eigenvalue weighted by Crippen LogP contribution is -2.39. The van der Waals surface area contributed by atoms with Crippen molar-refractivity contribution in [2.75, 3.05) is 6.54 Å². The van der Waals surface area contributed by atoms with Crippen molar-refractivity contribution in [2.24, 2.45) is 0 Å². The summed E-state index contributed by atoms with van der Waals surface area (Å²) in [5.74, 6) is 0. The summed E-state index contributed by atoms with van der Waals surface area (Å²) in [7, 11) is 0. The van der Waals surface area contributed by atoms with Crippen LogP contribution in [-0.2, 0) is 9.53 Å². The zero-order valence-corrected chi connectivity index (χ0v) is 12.0. The molecule has 1 aliphatic heterocycles. The standard InChI is InChI=1S/C12H21NO3S/c1-8-6-10(17-9(2)14)7-13(8)11(15)16-12(3,4)5/h8,10H,6-7H2,1-5H3/t8-,10+/m0/s1. The molecule has 1 amide bonds. The highest BCUT2D eigenvalue weighted by Gasteiger charge is 2.35. The first-order chi connectivity index (χ1) is 7.69. The molecule has 1 fully saturated rings. The van der Waals surface area contributed by atoms with Gasteiger partial charge in [-0.05, 0) is 34.1 Å². The molecule has 17 heavy (non-hydrogen) atoms. The first-order valence-electron chi connectivity index (χ1n) is 5.86. The fourth-order valence-corrected chi connectivity index (χ4v) is 2.96. The van der Waals surface area contributed by atoms with Crippen molar-refractivity contribution in [3.05, 3.63) is 0 Å². The van der Waals surface area contributed by atoms with Crippen LogP contribution >= 0.6 is 11.8 Å². The van der Waals surface area contributed by atoms with Gasteiger partial charge >= 0.3 is 6.09 Å². The van der Waals surface area contributed by atoms with Crippen LogP contribution in [0.25, 0.3) is 0 Å². The van der Waals surface area contributed by atoms with Gasteiger partial charge in [0, 0.05) is 24.8 Å². The Bertz CT molecular complexity index is 311. The summed E-state index contributed by atoms with van der Waals surface area (Å²) in [6.45, 7) is 9.71. The molecular formula is C12H21NO3S. The van der Waals surface area contributed by atoms with E-state index in [1.807, 2.05) is 27.7 Å². The predicted octanol–water partition coefficient (Wildman–Crippen LogP) is 2.66. The number of likely N-dealkylation sites (tertiary alicyclic amines) is 1. The van der Waals surface area contributed by atoms with Gasteiger partial charge in [-0.2, -0.15) is 0 Å². The molecule has 1 saturated heterocycles. The first kappa shape index (κ1) is 14.4. The molecule has 0 N–H and O–H groups in total. The van der Waals surface area contributed by atoms with Gasteiger partial charge in [-0.25, -0.2) is 4.79 Å². The van der Waals surface area contributed by atoms with Crippen LogP contribution < -0.4 is 0 Å². The van der Waals surface area contributed by atoms with Crippen LogP contribution in [0, 0.1) is 0 Å². The summed E-state index contributed by atoms with van der Waals surface area (Å²) < 4.78 is 5.34. The Morgan fingerprint density at radius 2 is 1.94 bits per heavy atom. The van der Waals surface area contributed by atoms with Crippen LogP contribution in [0.1, 0.15) is 41.0 Å². The summed E-state index contributed by atoms with van der Waals surface area (Å²) >= 11 is 1.32. The molecule has 0 aromatic carbocycles. The molecule has 0 aromatic rings. The summed E-state index contributed by atoms with van der Waals surface area (Å²) in [4.78, 5) is 24.7. The van der Waals surface area contributed by atoms with Crippen LogP contribution in [0.4, 0.5) is 4.79 Å². The average molecular weight is 259 g/mol. The second-order valence-corrected chi connectivity index (χ2v) is 6.93. The lowest BCUT2D eigenvalue weighted by Gasteiger charge is -2.26. The third kappa shape index (κ3) is 4.58. The second-order valence-electron chi connectivity index (χ2n) is 5.45. The fourth-order valence-electron chi connectivity index (χ4n) is 1.88. The minimum absolute atomic E-state index is 0.105. The molecule has 0 aliphatic carbocycles. The van der Waals surface area contributed by atoms with E-state index in [0.29, 0.717) is 6.54 Å². The SMILES string of the molecule is CC(=O)S[C@@H]1C[C@H](C)N(C(=O)OC(C)(C)C)C1. The molecule has 1 aliphatic rings. The largest absolute Gasteiger partial charge is 0.444 e. The highest BCUT2D eigenvalue weighted by molar-refractivity contribution is 8.14. The van der Waals surface area contributed by atoms with Crippen molar-refractivity contribution in [1.82, 2.24) is 4.90 Å². The zero-order valence-electron chi connectivity index (χ0n) is 11.1. The Morgan fingerprint density at radius 3 is 2.41 bits per heavy atom. The number of hydrogen-bond acceptors (Lipinski definition) is 4. The summed E-state index contributed by atoms with van der Waals surface area (Å²) in [6.07, 6.45) is 0.570. The molecule has 0 radical (unpaired) electrons. The first-order valence-corrected chi connectivity index (χ1v) is 6.74. The lowest BCUT2D eigenvalue weighted by atomic mass is 10.2. The summed E-state index contributed by atoms with van der Waals surface area (Å²) in [5, 5.41) is 0.309. The zero-order chi connectivity index (χ0) is 13.2. The van der Waals surface area contributed by atoms with Gasteiger partial charge in [-0.1, -0.05) is 11.8 Å². The van der Waals surface area contributed by atoms with E-state index in [1.54, 1.807) is 11.8 Å². The van der Waals surface area contributed by atoms with Crippen LogP contribution in [0.3, 0.4) is 0 Å². The summed E-state index contributed by atoms with van der Waals surface area (Å²) in [5.41, 5.74) is -0.470. The lowest BCUT2D eigenvalue weighted by molar-refractivity contribution is -0.109. The van der Waals surface area contributed by atoms with Crippen molar-refractivity contribution in [3.8, 4) is 0 Å². The number of carbonyl (C=O) groups excluding carboxylic acids is 2. The van der Waals surface area contributed by atoms with E-state index < -0.39 is 5.60 Å². The molecule has 0 unspecified atom stereocenters. The van der Waals surface area contributed by atoms with Crippen molar-refractivity contribution < 1.29 is 14.3 Å². The fraction of sp³-hybridized carbons (Fsp3) is 0.833. The topological polar surface area (TPSA) is 46.6 Å². The van der Waals surface area contributed by atoms with Gasteiger partial charge in [0.25, 0.3) is 0 Å². The van der Waals surface area contributed by atoms with Gasteiger partial charge in [-0.3, -0.25) is 4.79 Å². The van der Waals surface area contributed by atoms with Gasteiger partial charge in [-0.15, -0.1) is 0 Å². The number of thioether (sulfide) groups is 1. The van der Waals surface area contributed by atoms with E-state index in [4.69, 9.17) is 4.74 Å². The minimum atomic E-state index is -0.470. The normalized spacial score (nSPS) is 24.9. The molecule has 0 bridgehead atoms. The van der Waals surface area contributed by atoms with E-state index in [0.717, 1.165) is 6.42 Å². The van der Waals surface area contributed by atoms with Gasteiger partial charge in [0.05, 0.1) is 0 Å². The molecular weight excluding hydrogens is 238 g/mol. The molecule has 2 atom stereocenters. The quantitative estimate of drug-likeness (QED) is 0.726. The van der Waals surface area contributed by atoms with Crippen molar-refractivity contribution in [1.29, 1.82) is 0 Å². The number of amides is 1. The van der Waals surface area contributed by atoms with Crippen LogP contribution in [0.5, 0.6) is 0 Å². The minimum Gasteiger partial charge on any atom is -0.444 e. The second kappa shape index (κ2) is 5.29.